The van der Waals surface area contributed by atoms with Crippen LogP contribution in [-0.4, -0.2) is 18.2 Å². The van der Waals surface area contributed by atoms with Gasteiger partial charge in [0.2, 0.25) is 0 Å². The van der Waals surface area contributed by atoms with Crippen LogP contribution < -0.4 is 0 Å². The highest BCUT2D eigenvalue weighted by Gasteiger charge is 2.41. The Morgan fingerprint density at radius 3 is 2.59 bits per heavy atom. The molecule has 0 radical (unpaired) electrons. The van der Waals surface area contributed by atoms with Crippen molar-refractivity contribution in [3.63, 3.8) is 0 Å². The Balaban J connectivity index is 1.93. The zero-order valence-electron chi connectivity index (χ0n) is 10.3. The van der Waals surface area contributed by atoms with E-state index in [1.165, 1.54) is 0 Å². The fourth-order valence-electron chi connectivity index (χ4n) is 2.17. The second kappa shape index (κ2) is 5.32. The van der Waals surface area contributed by atoms with E-state index in [-0.39, 0.29) is 18.0 Å². The highest BCUT2D eigenvalue weighted by molar-refractivity contribution is 5.77. The summed E-state index contributed by atoms with van der Waals surface area (Å²) in [7, 11) is 0. The van der Waals surface area contributed by atoms with Crippen molar-refractivity contribution >= 4 is 5.97 Å². The van der Waals surface area contributed by atoms with Crippen LogP contribution in [0.2, 0.25) is 0 Å². The number of rotatable bonds is 4. The second-order valence-corrected chi connectivity index (χ2v) is 4.46. The van der Waals surface area contributed by atoms with Crippen molar-refractivity contribution in [3.05, 3.63) is 35.9 Å². The van der Waals surface area contributed by atoms with Gasteiger partial charge in [0.25, 0.3) is 0 Å². The molecule has 1 aromatic rings. The molecular formula is C14H18O3. The highest BCUT2D eigenvalue weighted by atomic mass is 16.6. The van der Waals surface area contributed by atoms with Gasteiger partial charge in [0.05, 0.1) is 6.61 Å². The molecule has 1 heterocycles. The average molecular weight is 234 g/mol. The first-order valence-electron chi connectivity index (χ1n) is 6.08. The number of esters is 1. The maximum atomic E-state index is 11.6. The number of carbonyl (C=O) groups is 1. The molecule has 1 aromatic carbocycles. The lowest BCUT2D eigenvalue weighted by Gasteiger charge is -2.15. The molecule has 0 bridgehead atoms. The minimum Gasteiger partial charge on any atom is -0.460 e. The second-order valence-electron chi connectivity index (χ2n) is 4.46. The van der Waals surface area contributed by atoms with E-state index in [1.807, 2.05) is 44.2 Å². The van der Waals surface area contributed by atoms with Gasteiger partial charge in [-0.2, -0.15) is 0 Å². The molecule has 0 N–H and O–H groups in total. The van der Waals surface area contributed by atoms with Gasteiger partial charge in [-0.25, -0.2) is 4.79 Å². The van der Waals surface area contributed by atoms with E-state index in [0.717, 1.165) is 12.0 Å². The third-order valence-electron chi connectivity index (χ3n) is 3.24. The Labute approximate surface area is 102 Å². The van der Waals surface area contributed by atoms with Gasteiger partial charge in [0, 0.05) is 5.92 Å². The zero-order chi connectivity index (χ0) is 12.3. The van der Waals surface area contributed by atoms with Crippen molar-refractivity contribution in [2.45, 2.75) is 39.1 Å². The van der Waals surface area contributed by atoms with Crippen molar-refractivity contribution in [3.8, 4) is 0 Å². The molecule has 3 nitrogen and oxygen atoms in total. The predicted octanol–water partition coefficient (Wildman–Crippen LogP) is 2.54. The molecule has 3 atom stereocenters. The number of benzene rings is 1. The SMILES string of the molecule is CC[C@H]1OC(=O)C(OCc2ccccc2)[C@@H]1C. The monoisotopic (exact) mass is 234 g/mol. The van der Waals surface area contributed by atoms with E-state index in [2.05, 4.69) is 0 Å². The van der Waals surface area contributed by atoms with Crippen LogP contribution in [0.4, 0.5) is 0 Å². The van der Waals surface area contributed by atoms with Crippen LogP contribution in [0.15, 0.2) is 30.3 Å². The summed E-state index contributed by atoms with van der Waals surface area (Å²) in [6.07, 6.45) is 0.432. The fraction of sp³-hybridized carbons (Fsp3) is 0.500. The van der Waals surface area contributed by atoms with Crippen LogP contribution in [0, 0.1) is 5.92 Å². The maximum Gasteiger partial charge on any atom is 0.335 e. The zero-order valence-corrected chi connectivity index (χ0v) is 10.3. The van der Waals surface area contributed by atoms with Crippen molar-refractivity contribution in [1.82, 2.24) is 0 Å². The van der Waals surface area contributed by atoms with Gasteiger partial charge in [-0.15, -0.1) is 0 Å². The van der Waals surface area contributed by atoms with E-state index >= 15 is 0 Å². The minimum absolute atomic E-state index is 0.00303. The third-order valence-corrected chi connectivity index (χ3v) is 3.24. The molecule has 1 saturated heterocycles. The van der Waals surface area contributed by atoms with Gasteiger partial charge in [0.1, 0.15) is 6.10 Å². The van der Waals surface area contributed by atoms with Gasteiger partial charge >= 0.3 is 5.97 Å². The van der Waals surface area contributed by atoms with Gasteiger partial charge in [-0.3, -0.25) is 0 Å². The van der Waals surface area contributed by atoms with Crippen LogP contribution in [0.5, 0.6) is 0 Å². The lowest BCUT2D eigenvalue weighted by molar-refractivity contribution is -0.150. The molecule has 2 rings (SSSR count). The average Bonchev–Trinajstić information content (AvgIpc) is 2.63. The Morgan fingerprint density at radius 1 is 1.29 bits per heavy atom. The number of carbonyl (C=O) groups excluding carboxylic acids is 1. The molecule has 1 aliphatic heterocycles. The van der Waals surface area contributed by atoms with Crippen molar-refractivity contribution in [2.24, 2.45) is 5.92 Å². The molecule has 0 saturated carbocycles. The molecular weight excluding hydrogens is 216 g/mol. The smallest absolute Gasteiger partial charge is 0.335 e. The van der Waals surface area contributed by atoms with Crippen LogP contribution in [0.1, 0.15) is 25.8 Å². The van der Waals surface area contributed by atoms with Gasteiger partial charge in [-0.05, 0) is 12.0 Å². The molecule has 0 aliphatic carbocycles. The molecule has 1 aliphatic rings. The summed E-state index contributed by atoms with van der Waals surface area (Å²) < 4.78 is 10.9. The van der Waals surface area contributed by atoms with Gasteiger partial charge in [-0.1, -0.05) is 44.2 Å². The fourth-order valence-corrected chi connectivity index (χ4v) is 2.17. The summed E-state index contributed by atoms with van der Waals surface area (Å²) in [4.78, 5) is 11.6. The molecule has 3 heteroatoms. The highest BCUT2D eigenvalue weighted by Crippen LogP contribution is 2.27. The summed E-state index contributed by atoms with van der Waals surface area (Å²) in [6, 6.07) is 9.86. The van der Waals surface area contributed by atoms with Crippen molar-refractivity contribution < 1.29 is 14.3 Å². The van der Waals surface area contributed by atoms with Crippen molar-refractivity contribution in [1.29, 1.82) is 0 Å². The van der Waals surface area contributed by atoms with E-state index in [0.29, 0.717) is 6.61 Å². The molecule has 92 valence electrons. The number of ether oxygens (including phenoxy) is 2. The van der Waals surface area contributed by atoms with Crippen LogP contribution in [0.25, 0.3) is 0 Å². The van der Waals surface area contributed by atoms with Crippen molar-refractivity contribution in [2.75, 3.05) is 0 Å². The van der Waals surface area contributed by atoms with Crippen LogP contribution in [0.3, 0.4) is 0 Å². The minimum atomic E-state index is -0.417. The molecule has 1 fully saturated rings. The third kappa shape index (κ3) is 2.67. The first kappa shape index (κ1) is 12.1. The predicted molar refractivity (Wildman–Crippen MR) is 64.4 cm³/mol. The van der Waals surface area contributed by atoms with Crippen LogP contribution in [-0.2, 0) is 20.9 Å². The number of hydrogen-bond donors (Lipinski definition) is 0. The summed E-state index contributed by atoms with van der Waals surface area (Å²) >= 11 is 0. The van der Waals surface area contributed by atoms with E-state index < -0.39 is 6.10 Å². The van der Waals surface area contributed by atoms with Crippen LogP contribution >= 0.6 is 0 Å². The summed E-state index contributed by atoms with van der Waals surface area (Å²) in [5.74, 6) is -0.0866. The standard InChI is InChI=1S/C14H18O3/c1-3-12-10(2)13(14(15)17-12)16-9-11-7-5-4-6-8-11/h4-8,10,12-13H,3,9H2,1-2H3/t10-,12-,13?/m1/s1. The summed E-state index contributed by atoms with van der Waals surface area (Å²) in [5.41, 5.74) is 1.08. The Kier molecular flexibility index (Phi) is 3.79. The van der Waals surface area contributed by atoms with Gasteiger partial charge < -0.3 is 9.47 Å². The van der Waals surface area contributed by atoms with E-state index in [1.54, 1.807) is 0 Å². The Hall–Kier alpha value is -1.35. The molecule has 0 aromatic heterocycles. The summed E-state index contributed by atoms with van der Waals surface area (Å²) in [5, 5.41) is 0. The Bertz CT molecular complexity index is 374. The first-order valence-corrected chi connectivity index (χ1v) is 6.08. The number of hydrogen-bond acceptors (Lipinski definition) is 3. The normalized spacial score (nSPS) is 28.1. The Morgan fingerprint density at radius 2 is 2.00 bits per heavy atom. The quantitative estimate of drug-likeness (QED) is 0.751. The molecule has 17 heavy (non-hydrogen) atoms. The molecule has 0 spiro atoms. The van der Waals surface area contributed by atoms with Gasteiger partial charge in [0.15, 0.2) is 6.10 Å². The van der Waals surface area contributed by atoms with E-state index in [4.69, 9.17) is 9.47 Å². The first-order chi connectivity index (χ1) is 8.22. The number of cyclic esters (lactones) is 1. The largest absolute Gasteiger partial charge is 0.460 e. The lowest BCUT2D eigenvalue weighted by Crippen LogP contribution is -2.25. The summed E-state index contributed by atoms with van der Waals surface area (Å²) in [6.45, 7) is 4.49. The lowest BCUT2D eigenvalue weighted by atomic mass is 9.99. The van der Waals surface area contributed by atoms with E-state index in [9.17, 15) is 4.79 Å². The molecule has 0 amide bonds. The topological polar surface area (TPSA) is 35.5 Å². The molecule has 1 unspecified atom stereocenters. The maximum absolute atomic E-state index is 11.6.